The molecule has 3 aromatic rings. The number of carbonyl (C=O) groups is 1. The fourth-order valence-electron chi connectivity index (χ4n) is 5.60. The monoisotopic (exact) mass is 442 g/mol. The first-order chi connectivity index (χ1) is 16.0. The molecule has 0 saturated carbocycles. The number of piperidine rings is 1. The number of carbonyl (C=O) groups excluding carboxylic acids is 1. The molecule has 1 aromatic heterocycles. The van der Waals surface area contributed by atoms with E-state index < -0.39 is 0 Å². The van der Waals surface area contributed by atoms with Crippen LogP contribution >= 0.6 is 0 Å². The quantitative estimate of drug-likeness (QED) is 0.593. The average molecular weight is 443 g/mol. The summed E-state index contributed by atoms with van der Waals surface area (Å²) in [6.07, 6.45) is 4.49. The Morgan fingerprint density at radius 1 is 1.06 bits per heavy atom. The molecule has 1 fully saturated rings. The molecule has 1 atom stereocenters. The van der Waals surface area contributed by atoms with E-state index in [9.17, 15) is 4.79 Å². The van der Waals surface area contributed by atoms with Crippen molar-refractivity contribution in [2.45, 2.75) is 58.2 Å². The highest BCUT2D eigenvalue weighted by Gasteiger charge is 2.33. The molecule has 1 aliphatic heterocycles. The second-order valence-corrected chi connectivity index (χ2v) is 9.82. The molecule has 5 heteroatoms. The molecule has 2 heterocycles. The SMILES string of the molecule is Cc1cc(C)n(Cc2cccc(C(=O)N(C)[C@H]3CCCN(C4Cc5ccccc5C4)C3)c2)n1. The van der Waals surface area contributed by atoms with E-state index in [1.54, 1.807) is 0 Å². The molecular formula is C28H34N4O. The van der Waals surface area contributed by atoms with Crippen LogP contribution in [0.25, 0.3) is 0 Å². The number of hydrogen-bond acceptors (Lipinski definition) is 3. The van der Waals surface area contributed by atoms with Gasteiger partial charge in [0.05, 0.1) is 12.2 Å². The number of fused-ring (bicyclic) bond motifs is 1. The maximum absolute atomic E-state index is 13.4. The summed E-state index contributed by atoms with van der Waals surface area (Å²) in [4.78, 5) is 18.0. The third-order valence-corrected chi connectivity index (χ3v) is 7.45. The summed E-state index contributed by atoms with van der Waals surface area (Å²) in [6.45, 7) is 6.86. The highest BCUT2D eigenvalue weighted by molar-refractivity contribution is 5.94. The van der Waals surface area contributed by atoms with Crippen LogP contribution in [0.3, 0.4) is 0 Å². The van der Waals surface area contributed by atoms with Crippen molar-refractivity contribution in [3.63, 3.8) is 0 Å². The van der Waals surface area contributed by atoms with Crippen LogP contribution in [0.2, 0.25) is 0 Å². The standard InChI is InChI=1S/C28H34N4O/c1-20-14-21(2)32(29-20)18-22-8-6-11-25(15-22)28(33)30(3)26-12-7-13-31(19-26)27-16-23-9-4-5-10-24(23)17-27/h4-6,8-11,14-15,26-27H,7,12-13,16-19H2,1-3H3/t26-/m0/s1. The first-order valence-corrected chi connectivity index (χ1v) is 12.2. The predicted molar refractivity (Wildman–Crippen MR) is 132 cm³/mol. The van der Waals surface area contributed by atoms with Crippen molar-refractivity contribution in [2.24, 2.45) is 0 Å². The largest absolute Gasteiger partial charge is 0.337 e. The van der Waals surface area contributed by atoms with E-state index in [4.69, 9.17) is 0 Å². The third kappa shape index (κ3) is 4.60. The molecule has 33 heavy (non-hydrogen) atoms. The van der Waals surface area contributed by atoms with Crippen molar-refractivity contribution >= 4 is 5.91 Å². The van der Waals surface area contributed by atoms with E-state index in [0.717, 1.165) is 61.3 Å². The van der Waals surface area contributed by atoms with Gasteiger partial charge in [-0.3, -0.25) is 14.4 Å². The zero-order valence-electron chi connectivity index (χ0n) is 20.0. The van der Waals surface area contributed by atoms with E-state index in [-0.39, 0.29) is 11.9 Å². The predicted octanol–water partition coefficient (Wildman–Crippen LogP) is 4.25. The van der Waals surface area contributed by atoms with Gasteiger partial charge in [-0.2, -0.15) is 5.10 Å². The Hall–Kier alpha value is -2.92. The van der Waals surface area contributed by atoms with E-state index >= 15 is 0 Å². The summed E-state index contributed by atoms with van der Waals surface area (Å²) in [5, 5.41) is 4.57. The first-order valence-electron chi connectivity index (χ1n) is 12.2. The van der Waals surface area contributed by atoms with Gasteiger partial charge in [-0.1, -0.05) is 36.4 Å². The lowest BCUT2D eigenvalue weighted by Crippen LogP contribution is -2.51. The summed E-state index contributed by atoms with van der Waals surface area (Å²) in [5.41, 5.74) is 7.02. The number of likely N-dealkylation sites (N-methyl/N-ethyl adjacent to an activating group) is 1. The maximum atomic E-state index is 13.4. The van der Waals surface area contributed by atoms with Gasteiger partial charge < -0.3 is 4.90 Å². The average Bonchev–Trinajstić information content (AvgIpc) is 3.40. The van der Waals surface area contributed by atoms with Crippen LogP contribution < -0.4 is 0 Å². The topological polar surface area (TPSA) is 41.4 Å². The second-order valence-electron chi connectivity index (χ2n) is 9.82. The minimum atomic E-state index is 0.117. The van der Waals surface area contributed by atoms with E-state index in [0.29, 0.717) is 12.6 Å². The summed E-state index contributed by atoms with van der Waals surface area (Å²) in [6, 6.07) is 19.8. The lowest BCUT2D eigenvalue weighted by Gasteiger charge is -2.40. The van der Waals surface area contributed by atoms with Crippen molar-refractivity contribution in [2.75, 3.05) is 20.1 Å². The molecule has 1 amide bonds. The second kappa shape index (κ2) is 9.14. The van der Waals surface area contributed by atoms with Crippen molar-refractivity contribution < 1.29 is 4.79 Å². The lowest BCUT2D eigenvalue weighted by atomic mass is 10.00. The number of aromatic nitrogens is 2. The minimum absolute atomic E-state index is 0.117. The van der Waals surface area contributed by atoms with Gasteiger partial charge in [-0.15, -0.1) is 0 Å². The van der Waals surface area contributed by atoms with Crippen LogP contribution in [0.1, 0.15) is 51.3 Å². The van der Waals surface area contributed by atoms with Crippen LogP contribution in [0, 0.1) is 13.8 Å². The fraction of sp³-hybridized carbons (Fsp3) is 0.429. The van der Waals surface area contributed by atoms with E-state index in [1.165, 1.54) is 11.1 Å². The molecule has 0 bridgehead atoms. The number of likely N-dealkylation sites (tertiary alicyclic amines) is 1. The molecule has 2 aliphatic rings. The molecule has 1 aliphatic carbocycles. The normalized spacial score (nSPS) is 18.9. The van der Waals surface area contributed by atoms with E-state index in [2.05, 4.69) is 53.3 Å². The molecule has 5 nitrogen and oxygen atoms in total. The Bertz CT molecular complexity index is 1130. The Labute approximate surface area is 197 Å². The summed E-state index contributed by atoms with van der Waals surface area (Å²) in [7, 11) is 1.98. The minimum Gasteiger partial charge on any atom is -0.337 e. The van der Waals surface area contributed by atoms with Crippen LogP contribution in [0.5, 0.6) is 0 Å². The molecule has 1 saturated heterocycles. The highest BCUT2D eigenvalue weighted by atomic mass is 16.2. The molecule has 0 radical (unpaired) electrons. The van der Waals surface area contributed by atoms with E-state index in [1.807, 2.05) is 41.8 Å². The van der Waals surface area contributed by atoms with Crippen molar-refractivity contribution in [3.05, 3.63) is 88.2 Å². The maximum Gasteiger partial charge on any atom is 0.253 e. The van der Waals surface area contributed by atoms with Crippen LogP contribution in [-0.2, 0) is 19.4 Å². The summed E-state index contributed by atoms with van der Waals surface area (Å²) >= 11 is 0. The smallest absolute Gasteiger partial charge is 0.253 e. The van der Waals surface area contributed by atoms with Gasteiger partial charge in [-0.05, 0) is 81.0 Å². The van der Waals surface area contributed by atoms with Gasteiger partial charge in [-0.25, -0.2) is 0 Å². The molecule has 2 aromatic carbocycles. The van der Waals surface area contributed by atoms with Crippen molar-refractivity contribution in [3.8, 4) is 0 Å². The Balaban J connectivity index is 1.25. The number of benzene rings is 2. The van der Waals surface area contributed by atoms with Gasteiger partial charge in [0.2, 0.25) is 0 Å². The van der Waals surface area contributed by atoms with Gasteiger partial charge >= 0.3 is 0 Å². The summed E-state index contributed by atoms with van der Waals surface area (Å²) in [5.74, 6) is 0.117. The fourth-order valence-corrected chi connectivity index (χ4v) is 5.60. The summed E-state index contributed by atoms with van der Waals surface area (Å²) < 4.78 is 2.00. The first kappa shape index (κ1) is 21.9. The zero-order valence-corrected chi connectivity index (χ0v) is 20.0. The Kier molecular flexibility index (Phi) is 6.07. The molecule has 0 unspecified atom stereocenters. The number of hydrogen-bond donors (Lipinski definition) is 0. The highest BCUT2D eigenvalue weighted by Crippen LogP contribution is 2.28. The molecule has 5 rings (SSSR count). The number of aryl methyl sites for hydroxylation is 2. The number of rotatable bonds is 5. The van der Waals surface area contributed by atoms with Crippen molar-refractivity contribution in [1.82, 2.24) is 19.6 Å². The Morgan fingerprint density at radius 3 is 2.52 bits per heavy atom. The lowest BCUT2D eigenvalue weighted by molar-refractivity contribution is 0.0555. The van der Waals surface area contributed by atoms with Gasteiger partial charge in [0, 0.05) is 36.9 Å². The molecular weight excluding hydrogens is 408 g/mol. The van der Waals surface area contributed by atoms with Gasteiger partial charge in [0.25, 0.3) is 5.91 Å². The van der Waals surface area contributed by atoms with Crippen LogP contribution in [0.4, 0.5) is 0 Å². The zero-order chi connectivity index (χ0) is 22.9. The Morgan fingerprint density at radius 2 is 1.82 bits per heavy atom. The molecule has 0 spiro atoms. The van der Waals surface area contributed by atoms with Crippen molar-refractivity contribution in [1.29, 1.82) is 0 Å². The number of amides is 1. The molecule has 172 valence electrons. The molecule has 0 N–H and O–H groups in total. The van der Waals surface area contributed by atoms with Gasteiger partial charge in [0.1, 0.15) is 0 Å². The van der Waals surface area contributed by atoms with Crippen LogP contribution in [0.15, 0.2) is 54.6 Å². The number of nitrogens with zero attached hydrogens (tertiary/aromatic N) is 4. The van der Waals surface area contributed by atoms with Crippen LogP contribution in [-0.4, -0.2) is 57.7 Å². The van der Waals surface area contributed by atoms with Gasteiger partial charge in [0.15, 0.2) is 0 Å². The third-order valence-electron chi connectivity index (χ3n) is 7.45.